The van der Waals surface area contributed by atoms with Crippen molar-refractivity contribution >= 4 is 27.5 Å². The fourth-order valence-corrected chi connectivity index (χ4v) is 2.63. The lowest BCUT2D eigenvalue weighted by Gasteiger charge is -2.20. The molecule has 106 valence electrons. The number of halogens is 3. The van der Waals surface area contributed by atoms with E-state index in [1.807, 2.05) is 31.2 Å². The van der Waals surface area contributed by atoms with Crippen molar-refractivity contribution in [1.29, 1.82) is 0 Å². The molecule has 0 saturated carbocycles. The van der Waals surface area contributed by atoms with E-state index < -0.39 is 0 Å². The summed E-state index contributed by atoms with van der Waals surface area (Å²) in [6.45, 7) is 4.59. The Hall–Kier alpha value is -0.900. The molecule has 0 heterocycles. The number of hydrogen-bond donors (Lipinski definition) is 1. The molecule has 0 aliphatic carbocycles. The summed E-state index contributed by atoms with van der Waals surface area (Å²) in [7, 11) is 0. The van der Waals surface area contributed by atoms with E-state index in [4.69, 9.17) is 11.6 Å². The Morgan fingerprint density at radius 2 is 1.85 bits per heavy atom. The van der Waals surface area contributed by atoms with Crippen molar-refractivity contribution < 1.29 is 4.39 Å². The summed E-state index contributed by atoms with van der Waals surface area (Å²) in [6.07, 6.45) is 0. The predicted octanol–water partition coefficient (Wildman–Crippen LogP) is 5.25. The summed E-state index contributed by atoms with van der Waals surface area (Å²) in [6, 6.07) is 11.1. The smallest absolute Gasteiger partial charge is 0.126 e. The first-order valence-corrected chi connectivity index (χ1v) is 7.64. The Bertz CT molecular complexity index is 564. The topological polar surface area (TPSA) is 12.0 Å². The third-order valence-electron chi connectivity index (χ3n) is 3.21. The van der Waals surface area contributed by atoms with Crippen LogP contribution in [0.15, 0.2) is 40.9 Å². The van der Waals surface area contributed by atoms with Crippen molar-refractivity contribution in [2.24, 2.45) is 0 Å². The SMILES string of the molecule is CCNC(c1ccc(C)c(F)c1)c1ccc(Cl)c(Br)c1. The highest BCUT2D eigenvalue weighted by Gasteiger charge is 2.15. The first-order chi connectivity index (χ1) is 9.52. The van der Waals surface area contributed by atoms with Crippen LogP contribution >= 0.6 is 27.5 Å². The number of rotatable bonds is 4. The van der Waals surface area contributed by atoms with Crippen molar-refractivity contribution in [3.63, 3.8) is 0 Å². The largest absolute Gasteiger partial charge is 0.307 e. The van der Waals surface area contributed by atoms with E-state index in [2.05, 4.69) is 21.2 Å². The Morgan fingerprint density at radius 1 is 1.20 bits per heavy atom. The summed E-state index contributed by atoms with van der Waals surface area (Å²) in [5.41, 5.74) is 2.61. The fraction of sp³-hybridized carbons (Fsp3) is 0.250. The lowest BCUT2D eigenvalue weighted by atomic mass is 9.97. The van der Waals surface area contributed by atoms with Gasteiger partial charge in [0.15, 0.2) is 0 Å². The average molecular weight is 357 g/mol. The average Bonchev–Trinajstić information content (AvgIpc) is 2.43. The van der Waals surface area contributed by atoms with Crippen molar-refractivity contribution in [2.45, 2.75) is 19.9 Å². The molecule has 1 unspecified atom stereocenters. The molecule has 1 atom stereocenters. The first-order valence-electron chi connectivity index (χ1n) is 6.47. The van der Waals surface area contributed by atoms with Crippen LogP contribution in [0.1, 0.15) is 29.7 Å². The van der Waals surface area contributed by atoms with Crippen molar-refractivity contribution in [2.75, 3.05) is 6.54 Å². The number of benzene rings is 2. The standard InChI is InChI=1S/C16H16BrClFN/c1-3-20-16(11-6-7-14(18)13(17)8-11)12-5-4-10(2)15(19)9-12/h4-9,16,20H,3H2,1-2H3. The van der Waals surface area contributed by atoms with Crippen LogP contribution in [0.5, 0.6) is 0 Å². The second-order valence-electron chi connectivity index (χ2n) is 4.67. The molecule has 0 aromatic heterocycles. The molecule has 20 heavy (non-hydrogen) atoms. The maximum absolute atomic E-state index is 13.8. The molecule has 4 heteroatoms. The molecule has 1 nitrogen and oxygen atoms in total. The lowest BCUT2D eigenvalue weighted by Crippen LogP contribution is -2.22. The van der Waals surface area contributed by atoms with E-state index >= 15 is 0 Å². The zero-order valence-electron chi connectivity index (χ0n) is 11.4. The highest BCUT2D eigenvalue weighted by atomic mass is 79.9. The highest BCUT2D eigenvalue weighted by molar-refractivity contribution is 9.10. The molecular formula is C16H16BrClFN. The molecule has 0 aliphatic rings. The second-order valence-corrected chi connectivity index (χ2v) is 5.93. The first kappa shape index (κ1) is 15.5. The van der Waals surface area contributed by atoms with Gasteiger partial charge < -0.3 is 5.32 Å². The predicted molar refractivity (Wildman–Crippen MR) is 85.8 cm³/mol. The zero-order valence-corrected chi connectivity index (χ0v) is 13.7. The van der Waals surface area contributed by atoms with E-state index in [-0.39, 0.29) is 11.9 Å². The molecule has 1 N–H and O–H groups in total. The van der Waals surface area contributed by atoms with Crippen molar-refractivity contribution in [1.82, 2.24) is 5.32 Å². The van der Waals surface area contributed by atoms with Gasteiger partial charge in [-0.25, -0.2) is 4.39 Å². The Balaban J connectivity index is 2.44. The minimum absolute atomic E-state index is 0.0522. The molecule has 2 aromatic carbocycles. The maximum Gasteiger partial charge on any atom is 0.126 e. The van der Waals surface area contributed by atoms with Crippen LogP contribution in [0.2, 0.25) is 5.02 Å². The molecule has 0 radical (unpaired) electrons. The van der Waals surface area contributed by atoms with E-state index in [1.54, 1.807) is 19.1 Å². The van der Waals surface area contributed by atoms with E-state index in [0.717, 1.165) is 22.1 Å². The van der Waals surface area contributed by atoms with Crippen molar-refractivity contribution in [3.8, 4) is 0 Å². The molecule has 0 amide bonds. The molecule has 0 aliphatic heterocycles. The van der Waals surface area contributed by atoms with Crippen LogP contribution in [-0.4, -0.2) is 6.54 Å². The highest BCUT2D eigenvalue weighted by Crippen LogP contribution is 2.29. The van der Waals surface area contributed by atoms with Gasteiger partial charge in [-0.1, -0.05) is 36.7 Å². The quantitative estimate of drug-likeness (QED) is 0.789. The van der Waals surface area contributed by atoms with Gasteiger partial charge in [0.05, 0.1) is 11.1 Å². The van der Waals surface area contributed by atoms with Gasteiger partial charge in [0.1, 0.15) is 5.82 Å². The third-order valence-corrected chi connectivity index (χ3v) is 4.43. The van der Waals surface area contributed by atoms with E-state index in [1.165, 1.54) is 0 Å². The molecular weight excluding hydrogens is 341 g/mol. The summed E-state index contributed by atoms with van der Waals surface area (Å²) < 4.78 is 14.6. The number of aryl methyl sites for hydroxylation is 1. The van der Waals surface area contributed by atoms with Gasteiger partial charge in [-0.15, -0.1) is 0 Å². The van der Waals surface area contributed by atoms with Gasteiger partial charge in [0.2, 0.25) is 0 Å². The van der Waals surface area contributed by atoms with E-state index in [9.17, 15) is 4.39 Å². The molecule has 0 spiro atoms. The minimum atomic E-state index is -0.182. The van der Waals surface area contributed by atoms with Gasteiger partial charge in [-0.2, -0.15) is 0 Å². The summed E-state index contributed by atoms with van der Waals surface area (Å²) >= 11 is 9.46. The molecule has 0 saturated heterocycles. The Morgan fingerprint density at radius 3 is 2.45 bits per heavy atom. The van der Waals surface area contributed by atoms with Gasteiger partial charge in [0.25, 0.3) is 0 Å². The second kappa shape index (κ2) is 6.70. The van der Waals surface area contributed by atoms with Crippen LogP contribution in [-0.2, 0) is 0 Å². The van der Waals surface area contributed by atoms with Crippen LogP contribution in [0.3, 0.4) is 0 Å². The van der Waals surface area contributed by atoms with Crippen LogP contribution in [0, 0.1) is 12.7 Å². The van der Waals surface area contributed by atoms with Gasteiger partial charge in [-0.3, -0.25) is 0 Å². The van der Waals surface area contributed by atoms with Gasteiger partial charge >= 0.3 is 0 Å². The monoisotopic (exact) mass is 355 g/mol. The van der Waals surface area contributed by atoms with Gasteiger partial charge in [0, 0.05) is 4.47 Å². The molecule has 0 fully saturated rings. The lowest BCUT2D eigenvalue weighted by molar-refractivity contribution is 0.597. The molecule has 0 bridgehead atoms. The fourth-order valence-electron chi connectivity index (χ4n) is 2.11. The Kier molecular flexibility index (Phi) is 5.19. The molecule has 2 rings (SSSR count). The maximum atomic E-state index is 13.8. The summed E-state index contributed by atoms with van der Waals surface area (Å²) in [4.78, 5) is 0. The molecule has 2 aromatic rings. The minimum Gasteiger partial charge on any atom is -0.307 e. The van der Waals surface area contributed by atoms with Crippen LogP contribution < -0.4 is 5.32 Å². The van der Waals surface area contributed by atoms with Crippen LogP contribution in [0.4, 0.5) is 4.39 Å². The Labute approximate surface area is 132 Å². The zero-order chi connectivity index (χ0) is 14.7. The van der Waals surface area contributed by atoms with E-state index in [0.29, 0.717) is 10.6 Å². The van der Waals surface area contributed by atoms with Gasteiger partial charge in [-0.05, 0) is 64.3 Å². The summed E-state index contributed by atoms with van der Waals surface area (Å²) in [5.74, 6) is -0.182. The normalized spacial score (nSPS) is 12.4. The third kappa shape index (κ3) is 3.40. The van der Waals surface area contributed by atoms with Crippen molar-refractivity contribution in [3.05, 3.63) is 68.4 Å². The number of hydrogen-bond acceptors (Lipinski definition) is 1. The summed E-state index contributed by atoms with van der Waals surface area (Å²) in [5, 5.41) is 4.04. The number of nitrogens with one attached hydrogen (secondary N) is 1. The van der Waals surface area contributed by atoms with Crippen LogP contribution in [0.25, 0.3) is 0 Å².